The predicted octanol–water partition coefficient (Wildman–Crippen LogP) is 2.54. The maximum absolute atomic E-state index is 12.1. The van der Waals surface area contributed by atoms with Gasteiger partial charge in [0.25, 0.3) is 5.91 Å². The van der Waals surface area contributed by atoms with Crippen molar-refractivity contribution < 1.29 is 9.53 Å². The molecule has 1 aliphatic rings. The number of carbonyl (C=O) groups is 1. The number of morpholine rings is 1. The van der Waals surface area contributed by atoms with E-state index in [9.17, 15) is 4.79 Å². The molecule has 1 saturated heterocycles. The molecule has 0 atom stereocenters. The van der Waals surface area contributed by atoms with Crippen molar-refractivity contribution in [2.24, 2.45) is 0 Å². The Labute approximate surface area is 113 Å². The Balaban J connectivity index is 0.000000771. The van der Waals surface area contributed by atoms with E-state index in [1.54, 1.807) is 17.2 Å². The summed E-state index contributed by atoms with van der Waals surface area (Å²) in [7, 11) is 0. The van der Waals surface area contributed by atoms with Crippen molar-refractivity contribution in [1.29, 1.82) is 0 Å². The van der Waals surface area contributed by atoms with E-state index in [4.69, 9.17) is 16.3 Å². The minimum atomic E-state index is -0.117. The molecule has 18 heavy (non-hydrogen) atoms. The van der Waals surface area contributed by atoms with Gasteiger partial charge in [0.15, 0.2) is 0 Å². The number of halogens is 1. The van der Waals surface area contributed by atoms with Gasteiger partial charge in [0.1, 0.15) is 5.69 Å². The quantitative estimate of drug-likeness (QED) is 0.788. The van der Waals surface area contributed by atoms with Gasteiger partial charge in [-0.15, -0.1) is 0 Å². The molecular formula is C13H19ClN2O2. The maximum atomic E-state index is 12.1. The van der Waals surface area contributed by atoms with Crippen molar-refractivity contribution >= 4 is 17.5 Å². The SMILES string of the molecule is CC.Cc1cnc(C(=O)N2CCOCC2)c(Cl)c1. The van der Waals surface area contributed by atoms with Crippen LogP contribution in [0.5, 0.6) is 0 Å². The Hall–Kier alpha value is -1.13. The van der Waals surface area contributed by atoms with Crippen molar-refractivity contribution in [2.45, 2.75) is 20.8 Å². The van der Waals surface area contributed by atoms with E-state index in [0.717, 1.165) is 5.56 Å². The molecule has 2 heterocycles. The van der Waals surface area contributed by atoms with Gasteiger partial charge in [-0.05, 0) is 18.6 Å². The molecule has 1 aromatic heterocycles. The molecule has 1 aromatic rings. The van der Waals surface area contributed by atoms with Gasteiger partial charge < -0.3 is 9.64 Å². The Morgan fingerprint density at radius 2 is 2.00 bits per heavy atom. The number of ether oxygens (including phenoxy) is 1. The minimum Gasteiger partial charge on any atom is -0.378 e. The first-order valence-electron chi connectivity index (χ1n) is 6.17. The lowest BCUT2D eigenvalue weighted by Crippen LogP contribution is -2.41. The van der Waals surface area contributed by atoms with E-state index >= 15 is 0 Å². The van der Waals surface area contributed by atoms with E-state index in [-0.39, 0.29) is 5.91 Å². The highest BCUT2D eigenvalue weighted by molar-refractivity contribution is 6.33. The van der Waals surface area contributed by atoms with E-state index in [1.807, 2.05) is 20.8 Å². The fourth-order valence-corrected chi connectivity index (χ4v) is 1.91. The fourth-order valence-electron chi connectivity index (χ4n) is 1.61. The standard InChI is InChI=1S/C11H13ClN2O2.C2H6/c1-8-6-9(12)10(13-7-8)11(15)14-2-4-16-5-3-14;1-2/h6-7H,2-5H2,1H3;1-2H3. The summed E-state index contributed by atoms with van der Waals surface area (Å²) in [6.07, 6.45) is 1.65. The summed E-state index contributed by atoms with van der Waals surface area (Å²) in [6.45, 7) is 8.25. The lowest BCUT2D eigenvalue weighted by atomic mass is 10.2. The van der Waals surface area contributed by atoms with Crippen molar-refractivity contribution in [3.63, 3.8) is 0 Å². The van der Waals surface area contributed by atoms with Gasteiger partial charge >= 0.3 is 0 Å². The van der Waals surface area contributed by atoms with Gasteiger partial charge in [-0.3, -0.25) is 4.79 Å². The average molecular weight is 271 g/mol. The molecule has 0 N–H and O–H groups in total. The number of pyridine rings is 1. The van der Waals surface area contributed by atoms with Gasteiger partial charge in [0.2, 0.25) is 0 Å². The fraction of sp³-hybridized carbons (Fsp3) is 0.538. The van der Waals surface area contributed by atoms with Crippen LogP contribution in [0.15, 0.2) is 12.3 Å². The third-order valence-electron chi connectivity index (χ3n) is 2.48. The predicted molar refractivity (Wildman–Crippen MR) is 72.1 cm³/mol. The molecule has 100 valence electrons. The van der Waals surface area contributed by atoms with Crippen LogP contribution in [0.4, 0.5) is 0 Å². The first-order chi connectivity index (χ1) is 8.68. The third kappa shape index (κ3) is 3.68. The molecule has 1 fully saturated rings. The summed E-state index contributed by atoms with van der Waals surface area (Å²) >= 11 is 6.00. The van der Waals surface area contributed by atoms with Crippen LogP contribution in [0.2, 0.25) is 5.02 Å². The van der Waals surface area contributed by atoms with Crippen LogP contribution in [0, 0.1) is 6.92 Å². The molecule has 0 bridgehead atoms. The number of rotatable bonds is 1. The van der Waals surface area contributed by atoms with Gasteiger partial charge in [-0.25, -0.2) is 4.98 Å². The van der Waals surface area contributed by atoms with Crippen molar-refractivity contribution in [1.82, 2.24) is 9.88 Å². The third-order valence-corrected chi connectivity index (χ3v) is 2.77. The van der Waals surface area contributed by atoms with Crippen LogP contribution in [0.3, 0.4) is 0 Å². The van der Waals surface area contributed by atoms with Crippen molar-refractivity contribution in [3.05, 3.63) is 28.5 Å². The molecule has 2 rings (SSSR count). The van der Waals surface area contributed by atoms with Gasteiger partial charge in [0.05, 0.1) is 18.2 Å². The number of nitrogens with zero attached hydrogens (tertiary/aromatic N) is 2. The molecule has 0 radical (unpaired) electrons. The van der Waals surface area contributed by atoms with E-state index < -0.39 is 0 Å². The number of amides is 1. The highest BCUT2D eigenvalue weighted by atomic mass is 35.5. The molecular weight excluding hydrogens is 252 g/mol. The Morgan fingerprint density at radius 1 is 1.39 bits per heavy atom. The Kier molecular flexibility index (Phi) is 6.09. The summed E-state index contributed by atoms with van der Waals surface area (Å²) < 4.78 is 5.19. The monoisotopic (exact) mass is 270 g/mol. The van der Waals surface area contributed by atoms with Crippen molar-refractivity contribution in [3.8, 4) is 0 Å². The second-order valence-electron chi connectivity index (χ2n) is 3.75. The number of hydrogen-bond donors (Lipinski definition) is 0. The lowest BCUT2D eigenvalue weighted by Gasteiger charge is -2.26. The topological polar surface area (TPSA) is 42.4 Å². The molecule has 1 aliphatic heterocycles. The zero-order valence-corrected chi connectivity index (χ0v) is 11.8. The number of carbonyl (C=O) groups excluding carboxylic acids is 1. The normalized spacial score (nSPS) is 14.8. The molecule has 0 spiro atoms. The molecule has 0 saturated carbocycles. The van der Waals surface area contributed by atoms with Gasteiger partial charge in [-0.1, -0.05) is 25.4 Å². The second-order valence-corrected chi connectivity index (χ2v) is 4.15. The van der Waals surface area contributed by atoms with Crippen LogP contribution in [-0.4, -0.2) is 42.1 Å². The van der Waals surface area contributed by atoms with Crippen molar-refractivity contribution in [2.75, 3.05) is 26.3 Å². The van der Waals surface area contributed by atoms with Crippen LogP contribution in [-0.2, 0) is 4.74 Å². The lowest BCUT2D eigenvalue weighted by molar-refractivity contribution is 0.0299. The molecule has 1 amide bonds. The van der Waals surface area contributed by atoms with Crippen LogP contribution < -0.4 is 0 Å². The molecule has 4 nitrogen and oxygen atoms in total. The van der Waals surface area contributed by atoms with Gasteiger partial charge in [0, 0.05) is 19.3 Å². The van der Waals surface area contributed by atoms with E-state index in [0.29, 0.717) is 37.0 Å². The smallest absolute Gasteiger partial charge is 0.274 e. The Morgan fingerprint density at radius 3 is 2.56 bits per heavy atom. The highest BCUT2D eigenvalue weighted by Crippen LogP contribution is 2.17. The summed E-state index contributed by atoms with van der Waals surface area (Å²) in [5.74, 6) is -0.117. The van der Waals surface area contributed by atoms with Crippen LogP contribution in [0.1, 0.15) is 29.9 Å². The number of aromatic nitrogens is 1. The first-order valence-corrected chi connectivity index (χ1v) is 6.55. The molecule has 0 unspecified atom stereocenters. The zero-order chi connectivity index (χ0) is 13.5. The maximum Gasteiger partial charge on any atom is 0.274 e. The molecule has 5 heteroatoms. The van der Waals surface area contributed by atoms with E-state index in [2.05, 4.69) is 4.98 Å². The largest absolute Gasteiger partial charge is 0.378 e. The summed E-state index contributed by atoms with van der Waals surface area (Å²) in [5.41, 5.74) is 1.28. The Bertz CT molecular complexity index is 404. The first kappa shape index (κ1) is 14.9. The summed E-state index contributed by atoms with van der Waals surface area (Å²) in [6, 6.07) is 1.75. The minimum absolute atomic E-state index is 0.117. The zero-order valence-electron chi connectivity index (χ0n) is 11.1. The van der Waals surface area contributed by atoms with Crippen LogP contribution >= 0.6 is 11.6 Å². The molecule has 0 aliphatic carbocycles. The van der Waals surface area contributed by atoms with Crippen LogP contribution in [0.25, 0.3) is 0 Å². The van der Waals surface area contributed by atoms with E-state index in [1.165, 1.54) is 0 Å². The average Bonchev–Trinajstić information content (AvgIpc) is 2.41. The highest BCUT2D eigenvalue weighted by Gasteiger charge is 2.21. The number of aryl methyl sites for hydroxylation is 1. The second kappa shape index (κ2) is 7.34. The summed E-state index contributed by atoms with van der Waals surface area (Å²) in [4.78, 5) is 17.9. The van der Waals surface area contributed by atoms with Gasteiger partial charge in [-0.2, -0.15) is 0 Å². The molecule has 0 aromatic carbocycles. The summed E-state index contributed by atoms with van der Waals surface area (Å²) in [5, 5.41) is 0.413. The number of hydrogen-bond acceptors (Lipinski definition) is 3.